The lowest BCUT2D eigenvalue weighted by Gasteiger charge is -2.25. The average molecular weight is 365 g/mol. The maximum absolute atomic E-state index is 12.7. The number of alkyl halides is 1. The van der Waals surface area contributed by atoms with E-state index in [1.54, 1.807) is 0 Å². The number of hydrogen-bond donors (Lipinski definition) is 2. The second-order valence-electron chi connectivity index (χ2n) is 6.70. The van der Waals surface area contributed by atoms with Crippen LogP contribution < -0.4 is 0 Å². The zero-order valence-corrected chi connectivity index (χ0v) is 17.8. The fourth-order valence-electron chi connectivity index (χ4n) is 2.80. The van der Waals surface area contributed by atoms with Gasteiger partial charge in [0.05, 0.1) is 12.2 Å². The van der Waals surface area contributed by atoms with Crippen LogP contribution in [0.3, 0.4) is 0 Å². The third-order valence-corrected chi connectivity index (χ3v) is 4.42. The van der Waals surface area contributed by atoms with E-state index in [9.17, 15) is 9.50 Å². The number of nitrogens with zero attached hydrogens (tertiary/aromatic N) is 2. The van der Waals surface area contributed by atoms with Crippen LogP contribution in [0.5, 0.6) is 0 Å². The minimum Gasteiger partial charge on any atom is -0.392 e. The quantitative estimate of drug-likeness (QED) is 0.745. The number of aliphatic hydroxyl groups excluding tert-OH is 2. The van der Waals surface area contributed by atoms with Crippen molar-refractivity contribution in [2.75, 3.05) is 33.2 Å². The molecule has 0 amide bonds. The summed E-state index contributed by atoms with van der Waals surface area (Å²) in [5.74, 6) is 0. The van der Waals surface area contributed by atoms with Crippen LogP contribution in [0.4, 0.5) is 4.39 Å². The van der Waals surface area contributed by atoms with Gasteiger partial charge in [0.25, 0.3) is 0 Å². The number of rotatable bonds is 1. The molecule has 0 saturated carbocycles. The molecule has 2 saturated heterocycles. The van der Waals surface area contributed by atoms with Gasteiger partial charge < -0.3 is 15.1 Å². The highest BCUT2D eigenvalue weighted by Crippen LogP contribution is 2.13. The average Bonchev–Trinajstić information content (AvgIpc) is 2.93. The van der Waals surface area contributed by atoms with Crippen LogP contribution in [0.2, 0.25) is 0 Å². The van der Waals surface area contributed by atoms with E-state index in [1.165, 1.54) is 12.8 Å². The molecular weight excluding hydrogens is 319 g/mol. The molecular formula is C20H45FN2O2. The highest BCUT2D eigenvalue weighted by atomic mass is 19.1. The Bertz CT molecular complexity index is 268. The Morgan fingerprint density at radius 2 is 1.44 bits per heavy atom. The Kier molecular flexibility index (Phi) is 18.6. The molecule has 0 aromatic carbocycles. The summed E-state index contributed by atoms with van der Waals surface area (Å²) in [5.41, 5.74) is 0. The number of aliphatic hydroxyl groups is 2. The van der Waals surface area contributed by atoms with E-state index in [0.717, 1.165) is 32.6 Å². The summed E-state index contributed by atoms with van der Waals surface area (Å²) >= 11 is 0. The van der Waals surface area contributed by atoms with Crippen LogP contribution >= 0.6 is 0 Å². The maximum Gasteiger partial charge on any atom is 0.127 e. The fraction of sp³-hybridized carbons (Fsp3) is 1.00. The molecule has 25 heavy (non-hydrogen) atoms. The summed E-state index contributed by atoms with van der Waals surface area (Å²) in [6.07, 6.45) is 2.63. The molecule has 0 spiro atoms. The van der Waals surface area contributed by atoms with Crippen molar-refractivity contribution < 1.29 is 14.6 Å². The second-order valence-corrected chi connectivity index (χ2v) is 6.70. The maximum atomic E-state index is 12.7. The molecule has 0 radical (unpaired) electrons. The molecule has 154 valence electrons. The first-order chi connectivity index (χ1) is 11.9. The number of β-amino-alcohol motifs (C(OH)–C–C–N with tert-alkyl or cyclic N) is 1. The minimum atomic E-state index is -1.01. The summed E-state index contributed by atoms with van der Waals surface area (Å²) in [6, 6.07) is 0.586. The molecule has 3 atom stereocenters. The third kappa shape index (κ3) is 13.6. The van der Waals surface area contributed by atoms with Gasteiger partial charge in [0, 0.05) is 25.7 Å². The molecule has 0 aromatic rings. The first-order valence-corrected chi connectivity index (χ1v) is 10.3. The fourth-order valence-corrected chi connectivity index (χ4v) is 2.80. The normalized spacial score (nSPS) is 28.2. The molecule has 2 fully saturated rings. The van der Waals surface area contributed by atoms with E-state index in [-0.39, 0.29) is 6.10 Å². The molecule has 2 aliphatic rings. The third-order valence-electron chi connectivity index (χ3n) is 4.42. The van der Waals surface area contributed by atoms with Gasteiger partial charge in [-0.25, -0.2) is 4.39 Å². The van der Waals surface area contributed by atoms with Gasteiger partial charge in [-0.3, -0.25) is 4.90 Å². The van der Waals surface area contributed by atoms with Gasteiger partial charge in [-0.05, 0) is 59.5 Å². The van der Waals surface area contributed by atoms with E-state index in [2.05, 4.69) is 18.7 Å². The molecule has 2 rings (SSSR count). The lowest BCUT2D eigenvalue weighted by molar-refractivity contribution is 0.0756. The Hall–Kier alpha value is -0.230. The van der Waals surface area contributed by atoms with Crippen molar-refractivity contribution >= 4 is 0 Å². The van der Waals surface area contributed by atoms with E-state index < -0.39 is 12.3 Å². The van der Waals surface area contributed by atoms with Crippen molar-refractivity contribution in [2.45, 2.75) is 98.1 Å². The van der Waals surface area contributed by atoms with Crippen LogP contribution in [0.1, 0.15) is 73.6 Å². The summed E-state index contributed by atoms with van der Waals surface area (Å²) < 4.78 is 12.7. The molecule has 0 aliphatic carbocycles. The predicted octanol–water partition coefficient (Wildman–Crippen LogP) is 3.71. The van der Waals surface area contributed by atoms with Gasteiger partial charge in [0.2, 0.25) is 0 Å². The standard InChI is InChI=1S/C9H19NO.C7H14FNO.2C2H6/c1-8(2)10-6-4-3-5-9(11)7-10;1-9-4-2-6(8)7(10)3-5-9;2*1-2/h8-9,11H,3-7H2,1-2H3;6-7,10H,2-5H2,1H3;2*1-2H3. The molecule has 0 aromatic heterocycles. The van der Waals surface area contributed by atoms with Crippen molar-refractivity contribution in [1.82, 2.24) is 9.80 Å². The highest BCUT2D eigenvalue weighted by Gasteiger charge is 2.22. The van der Waals surface area contributed by atoms with Crippen molar-refractivity contribution in [3.63, 3.8) is 0 Å². The highest BCUT2D eigenvalue weighted by molar-refractivity contribution is 4.74. The van der Waals surface area contributed by atoms with Gasteiger partial charge >= 0.3 is 0 Å². The van der Waals surface area contributed by atoms with Crippen LogP contribution in [0, 0.1) is 0 Å². The lowest BCUT2D eigenvalue weighted by Crippen LogP contribution is -2.36. The van der Waals surface area contributed by atoms with E-state index in [0.29, 0.717) is 18.9 Å². The Morgan fingerprint density at radius 1 is 0.880 bits per heavy atom. The summed E-state index contributed by atoms with van der Waals surface area (Å²) in [5, 5.41) is 18.5. The summed E-state index contributed by atoms with van der Waals surface area (Å²) in [4.78, 5) is 4.40. The number of halogens is 1. The molecule has 2 N–H and O–H groups in total. The largest absolute Gasteiger partial charge is 0.392 e. The smallest absolute Gasteiger partial charge is 0.127 e. The van der Waals surface area contributed by atoms with E-state index in [1.807, 2.05) is 39.6 Å². The van der Waals surface area contributed by atoms with Crippen LogP contribution in [-0.4, -0.2) is 77.7 Å². The monoisotopic (exact) mass is 364 g/mol. The van der Waals surface area contributed by atoms with Crippen LogP contribution in [0.15, 0.2) is 0 Å². The Balaban J connectivity index is 0. The summed E-state index contributed by atoms with van der Waals surface area (Å²) in [7, 11) is 1.95. The van der Waals surface area contributed by atoms with Gasteiger partial charge in [-0.1, -0.05) is 27.7 Å². The molecule has 2 heterocycles. The zero-order chi connectivity index (χ0) is 19.8. The molecule has 4 nitrogen and oxygen atoms in total. The van der Waals surface area contributed by atoms with Gasteiger partial charge in [0.1, 0.15) is 6.17 Å². The van der Waals surface area contributed by atoms with Crippen molar-refractivity contribution in [3.8, 4) is 0 Å². The van der Waals surface area contributed by atoms with Crippen LogP contribution in [0.25, 0.3) is 0 Å². The Morgan fingerprint density at radius 3 is 2.00 bits per heavy atom. The van der Waals surface area contributed by atoms with Gasteiger partial charge in [-0.2, -0.15) is 0 Å². The van der Waals surface area contributed by atoms with Crippen molar-refractivity contribution in [3.05, 3.63) is 0 Å². The SMILES string of the molecule is CC.CC.CC(C)N1CCCCC(O)C1.CN1CCC(O)C(F)CC1. The lowest BCUT2D eigenvalue weighted by atomic mass is 10.1. The van der Waals surface area contributed by atoms with E-state index in [4.69, 9.17) is 5.11 Å². The molecule has 5 heteroatoms. The van der Waals surface area contributed by atoms with E-state index >= 15 is 0 Å². The van der Waals surface area contributed by atoms with Crippen molar-refractivity contribution in [1.29, 1.82) is 0 Å². The molecule has 0 bridgehead atoms. The Labute approximate surface area is 156 Å². The number of likely N-dealkylation sites (tertiary alicyclic amines) is 2. The zero-order valence-electron chi connectivity index (χ0n) is 17.8. The van der Waals surface area contributed by atoms with Gasteiger partial charge in [0.15, 0.2) is 0 Å². The topological polar surface area (TPSA) is 46.9 Å². The number of hydrogen-bond acceptors (Lipinski definition) is 4. The van der Waals surface area contributed by atoms with Crippen molar-refractivity contribution in [2.24, 2.45) is 0 Å². The van der Waals surface area contributed by atoms with Crippen LogP contribution in [-0.2, 0) is 0 Å². The molecule has 3 unspecified atom stereocenters. The van der Waals surface area contributed by atoms with Gasteiger partial charge in [-0.15, -0.1) is 0 Å². The first-order valence-electron chi connectivity index (χ1n) is 10.3. The first kappa shape index (κ1) is 27.0. The minimum absolute atomic E-state index is 0.0834. The summed E-state index contributed by atoms with van der Waals surface area (Å²) in [6.45, 7) is 16.0. The molecule has 2 aliphatic heterocycles. The second kappa shape index (κ2) is 17.2. The predicted molar refractivity (Wildman–Crippen MR) is 107 cm³/mol.